The molecule has 96 valence electrons. The van der Waals surface area contributed by atoms with Crippen molar-refractivity contribution in [3.8, 4) is 0 Å². The molecule has 0 atom stereocenters. The van der Waals surface area contributed by atoms with E-state index in [1.165, 1.54) is 6.42 Å². The van der Waals surface area contributed by atoms with E-state index in [0.29, 0.717) is 6.54 Å². The lowest BCUT2D eigenvalue weighted by Crippen LogP contribution is -2.44. The average Bonchev–Trinajstić information content (AvgIpc) is 2.25. The van der Waals surface area contributed by atoms with Crippen molar-refractivity contribution in [1.29, 1.82) is 0 Å². The summed E-state index contributed by atoms with van der Waals surface area (Å²) in [4.78, 5) is 0. The van der Waals surface area contributed by atoms with Gasteiger partial charge >= 0.3 is 0 Å². The van der Waals surface area contributed by atoms with Gasteiger partial charge in [-0.2, -0.15) is 13.1 Å². The zero-order valence-corrected chi connectivity index (χ0v) is 10.8. The molecule has 0 aromatic rings. The van der Waals surface area contributed by atoms with Crippen molar-refractivity contribution in [3.63, 3.8) is 0 Å². The first-order chi connectivity index (χ1) is 7.64. The Morgan fingerprint density at radius 2 is 1.81 bits per heavy atom. The van der Waals surface area contributed by atoms with Gasteiger partial charge in [0.2, 0.25) is 0 Å². The van der Waals surface area contributed by atoms with Gasteiger partial charge in [0.05, 0.1) is 0 Å². The van der Waals surface area contributed by atoms with Gasteiger partial charge in [-0.3, -0.25) is 0 Å². The second-order valence-electron chi connectivity index (χ2n) is 4.31. The van der Waals surface area contributed by atoms with E-state index >= 15 is 0 Å². The predicted molar refractivity (Wildman–Crippen MR) is 65.5 cm³/mol. The van der Waals surface area contributed by atoms with Crippen molar-refractivity contribution in [2.45, 2.75) is 44.6 Å². The normalized spacial score (nSPS) is 18.8. The number of nitrogens with one attached hydrogen (secondary N) is 3. The zero-order valence-electron chi connectivity index (χ0n) is 9.96. The smallest absolute Gasteiger partial charge is 0.277 e. The van der Waals surface area contributed by atoms with Crippen LogP contribution in [0.3, 0.4) is 0 Å². The van der Waals surface area contributed by atoms with Crippen LogP contribution < -0.4 is 14.8 Å². The Bertz CT molecular complexity index is 274. The first-order valence-electron chi connectivity index (χ1n) is 6.05. The van der Waals surface area contributed by atoms with Crippen LogP contribution in [-0.2, 0) is 10.2 Å². The first kappa shape index (κ1) is 13.9. The summed E-state index contributed by atoms with van der Waals surface area (Å²) in [6.07, 6.45) is 6.24. The molecule has 3 N–H and O–H groups in total. The fourth-order valence-corrected chi connectivity index (χ4v) is 3.12. The SMILES string of the molecule is CNCCCNS(=O)(=O)NC1CCCCC1. The summed E-state index contributed by atoms with van der Waals surface area (Å²) in [5.74, 6) is 0. The molecular formula is C10H23N3O2S. The van der Waals surface area contributed by atoms with Gasteiger partial charge in [0.1, 0.15) is 0 Å². The van der Waals surface area contributed by atoms with Gasteiger partial charge < -0.3 is 5.32 Å². The largest absolute Gasteiger partial charge is 0.320 e. The lowest BCUT2D eigenvalue weighted by atomic mass is 9.96. The maximum Gasteiger partial charge on any atom is 0.277 e. The van der Waals surface area contributed by atoms with E-state index in [4.69, 9.17) is 0 Å². The summed E-state index contributed by atoms with van der Waals surface area (Å²) < 4.78 is 28.5. The Morgan fingerprint density at radius 1 is 1.12 bits per heavy atom. The summed E-state index contributed by atoms with van der Waals surface area (Å²) in [6, 6.07) is 0.135. The highest BCUT2D eigenvalue weighted by Crippen LogP contribution is 2.17. The first-order valence-corrected chi connectivity index (χ1v) is 7.54. The Balaban J connectivity index is 2.22. The minimum absolute atomic E-state index is 0.135. The summed E-state index contributed by atoms with van der Waals surface area (Å²) in [5.41, 5.74) is 0. The highest BCUT2D eigenvalue weighted by atomic mass is 32.2. The molecule has 0 aromatic heterocycles. The minimum Gasteiger partial charge on any atom is -0.320 e. The molecular weight excluding hydrogens is 226 g/mol. The molecule has 6 heteroatoms. The third-order valence-corrected chi connectivity index (χ3v) is 4.05. The van der Waals surface area contributed by atoms with Crippen molar-refractivity contribution < 1.29 is 8.42 Å². The lowest BCUT2D eigenvalue weighted by Gasteiger charge is -2.22. The standard InChI is InChI=1S/C10H23N3O2S/c1-11-8-5-9-12-16(14,15)13-10-6-3-2-4-7-10/h10-13H,2-9H2,1H3. The molecule has 1 aliphatic rings. The molecule has 1 saturated carbocycles. The second-order valence-corrected chi connectivity index (χ2v) is 5.84. The number of hydrogen-bond acceptors (Lipinski definition) is 3. The van der Waals surface area contributed by atoms with Crippen LogP contribution in [0.1, 0.15) is 38.5 Å². The molecule has 0 aromatic carbocycles. The highest BCUT2D eigenvalue weighted by Gasteiger charge is 2.19. The maximum atomic E-state index is 11.6. The molecule has 0 bridgehead atoms. The van der Waals surface area contributed by atoms with Gasteiger partial charge in [-0.25, -0.2) is 4.72 Å². The van der Waals surface area contributed by atoms with Gasteiger partial charge in [-0.1, -0.05) is 19.3 Å². The molecule has 0 aliphatic heterocycles. The Morgan fingerprint density at radius 3 is 2.44 bits per heavy atom. The van der Waals surface area contributed by atoms with Gasteiger partial charge in [0.25, 0.3) is 10.2 Å². The molecule has 0 unspecified atom stereocenters. The molecule has 5 nitrogen and oxygen atoms in total. The highest BCUT2D eigenvalue weighted by molar-refractivity contribution is 7.87. The van der Waals surface area contributed by atoms with Gasteiger partial charge in [-0.15, -0.1) is 0 Å². The van der Waals surface area contributed by atoms with E-state index in [2.05, 4.69) is 14.8 Å². The fraction of sp³-hybridized carbons (Fsp3) is 1.00. The predicted octanol–water partition coefficient (Wildman–Crippen LogP) is 0.353. The van der Waals surface area contributed by atoms with Crippen LogP contribution in [0, 0.1) is 0 Å². The van der Waals surface area contributed by atoms with Gasteiger partial charge in [-0.05, 0) is 32.9 Å². The number of rotatable bonds is 7. The van der Waals surface area contributed by atoms with Crippen molar-refractivity contribution in [1.82, 2.24) is 14.8 Å². The molecule has 0 heterocycles. The monoisotopic (exact) mass is 249 g/mol. The maximum absolute atomic E-state index is 11.6. The third-order valence-electron chi connectivity index (χ3n) is 2.82. The average molecular weight is 249 g/mol. The Hall–Kier alpha value is -0.170. The summed E-state index contributed by atoms with van der Waals surface area (Å²) >= 11 is 0. The van der Waals surface area contributed by atoms with E-state index in [-0.39, 0.29) is 6.04 Å². The minimum atomic E-state index is -3.29. The molecule has 1 rings (SSSR count). The van der Waals surface area contributed by atoms with Crippen LogP contribution in [0.2, 0.25) is 0 Å². The zero-order chi connectivity index (χ0) is 11.9. The van der Waals surface area contributed by atoms with Crippen molar-refractivity contribution in [2.24, 2.45) is 0 Å². The van der Waals surface area contributed by atoms with Crippen LogP contribution >= 0.6 is 0 Å². The molecule has 0 spiro atoms. The van der Waals surface area contributed by atoms with E-state index in [9.17, 15) is 8.42 Å². The Labute approximate surface area is 98.6 Å². The Kier molecular flexibility index (Phi) is 6.26. The van der Waals surface area contributed by atoms with Crippen molar-refractivity contribution >= 4 is 10.2 Å². The van der Waals surface area contributed by atoms with E-state index < -0.39 is 10.2 Å². The third kappa shape index (κ3) is 5.79. The van der Waals surface area contributed by atoms with Crippen molar-refractivity contribution in [2.75, 3.05) is 20.1 Å². The topological polar surface area (TPSA) is 70.2 Å². The van der Waals surface area contributed by atoms with E-state index in [1.54, 1.807) is 0 Å². The summed E-state index contributed by atoms with van der Waals surface area (Å²) in [5, 5.41) is 2.98. The number of hydrogen-bond donors (Lipinski definition) is 3. The van der Waals surface area contributed by atoms with Crippen molar-refractivity contribution in [3.05, 3.63) is 0 Å². The molecule has 1 fully saturated rings. The van der Waals surface area contributed by atoms with Gasteiger partial charge in [0.15, 0.2) is 0 Å². The van der Waals surface area contributed by atoms with Crippen LogP contribution in [-0.4, -0.2) is 34.6 Å². The van der Waals surface area contributed by atoms with Crippen LogP contribution in [0.25, 0.3) is 0 Å². The molecule has 16 heavy (non-hydrogen) atoms. The summed E-state index contributed by atoms with van der Waals surface area (Å²) in [7, 11) is -1.43. The molecule has 0 amide bonds. The van der Waals surface area contributed by atoms with Gasteiger partial charge in [0, 0.05) is 12.6 Å². The van der Waals surface area contributed by atoms with Crippen LogP contribution in [0.5, 0.6) is 0 Å². The fourth-order valence-electron chi connectivity index (χ4n) is 1.95. The lowest BCUT2D eigenvalue weighted by molar-refractivity contribution is 0.410. The summed E-state index contributed by atoms with van der Waals surface area (Å²) in [6.45, 7) is 1.31. The van der Waals surface area contributed by atoms with Crippen LogP contribution in [0.15, 0.2) is 0 Å². The quantitative estimate of drug-likeness (QED) is 0.570. The van der Waals surface area contributed by atoms with E-state index in [0.717, 1.165) is 38.6 Å². The van der Waals surface area contributed by atoms with E-state index in [1.807, 2.05) is 7.05 Å². The van der Waals surface area contributed by atoms with Crippen LogP contribution in [0.4, 0.5) is 0 Å². The molecule has 0 saturated heterocycles. The molecule has 1 aliphatic carbocycles. The second kappa shape index (κ2) is 7.21. The molecule has 0 radical (unpaired) electrons.